The van der Waals surface area contributed by atoms with Gasteiger partial charge in [0.05, 0.1) is 11.4 Å². The lowest BCUT2D eigenvalue weighted by molar-refractivity contribution is -0.113. The zero-order chi connectivity index (χ0) is 24.0. The summed E-state index contributed by atoms with van der Waals surface area (Å²) in [7, 11) is 0. The van der Waals surface area contributed by atoms with Crippen molar-refractivity contribution >= 4 is 23.4 Å². The molecule has 1 heterocycles. The summed E-state index contributed by atoms with van der Waals surface area (Å²) >= 11 is 1.13. The summed E-state index contributed by atoms with van der Waals surface area (Å²) in [6, 6.07) is 10.8. The van der Waals surface area contributed by atoms with Gasteiger partial charge in [0, 0.05) is 12.6 Å². The highest BCUT2D eigenvalue weighted by molar-refractivity contribution is 7.99. The maximum absolute atomic E-state index is 13.8. The van der Waals surface area contributed by atoms with Crippen LogP contribution in [0.25, 0.3) is 0 Å². The quantitative estimate of drug-likeness (QED) is 0.301. The summed E-state index contributed by atoms with van der Waals surface area (Å²) in [4.78, 5) is 12.3. The maximum Gasteiger partial charge on any atom is 0.234 e. The van der Waals surface area contributed by atoms with Crippen molar-refractivity contribution < 1.29 is 18.3 Å². The minimum atomic E-state index is -0.709. The van der Waals surface area contributed by atoms with Gasteiger partial charge in [0.1, 0.15) is 17.4 Å². The average molecular weight is 473 g/mol. The number of hydrogen-bond donors (Lipinski definition) is 1. The monoisotopic (exact) mass is 472 g/mol. The third kappa shape index (κ3) is 6.41. The van der Waals surface area contributed by atoms with Crippen LogP contribution in [0.4, 0.5) is 14.5 Å². The molecule has 0 fully saturated rings. The van der Waals surface area contributed by atoms with E-state index in [2.05, 4.69) is 35.9 Å². The van der Waals surface area contributed by atoms with Gasteiger partial charge in [0.25, 0.3) is 0 Å². The molecule has 1 unspecified atom stereocenters. The van der Waals surface area contributed by atoms with Crippen molar-refractivity contribution in [3.05, 3.63) is 78.1 Å². The van der Waals surface area contributed by atoms with E-state index in [4.69, 9.17) is 4.74 Å². The molecule has 1 N–H and O–H groups in total. The van der Waals surface area contributed by atoms with Crippen LogP contribution >= 0.6 is 11.8 Å². The van der Waals surface area contributed by atoms with Crippen LogP contribution in [0, 0.1) is 11.6 Å². The van der Waals surface area contributed by atoms with Gasteiger partial charge in [0.2, 0.25) is 5.91 Å². The van der Waals surface area contributed by atoms with Crippen molar-refractivity contribution in [2.24, 2.45) is 0 Å². The number of anilines is 1. The van der Waals surface area contributed by atoms with Crippen LogP contribution < -0.4 is 10.1 Å². The third-order valence-electron chi connectivity index (χ3n) is 4.82. The minimum Gasteiger partial charge on any atom is -0.483 e. The molecule has 6 nitrogen and oxygen atoms in total. The van der Waals surface area contributed by atoms with Gasteiger partial charge in [-0.25, -0.2) is 8.78 Å². The molecule has 0 aliphatic heterocycles. The average Bonchev–Trinajstić information content (AvgIpc) is 3.18. The second-order valence-corrected chi connectivity index (χ2v) is 8.63. The first-order chi connectivity index (χ1) is 15.8. The largest absolute Gasteiger partial charge is 0.483 e. The predicted octanol–water partition coefficient (Wildman–Crippen LogP) is 5.74. The molecule has 174 valence electrons. The molecule has 3 aromatic rings. The molecule has 3 rings (SSSR count). The van der Waals surface area contributed by atoms with Gasteiger partial charge in [-0.15, -0.1) is 16.8 Å². The number of benzene rings is 2. The topological polar surface area (TPSA) is 69.0 Å². The molecule has 0 saturated heterocycles. The van der Waals surface area contributed by atoms with E-state index in [0.29, 0.717) is 29.2 Å². The second kappa shape index (κ2) is 11.1. The Kier molecular flexibility index (Phi) is 8.21. The number of halogens is 2. The Hall–Kier alpha value is -3.20. The van der Waals surface area contributed by atoms with E-state index in [0.717, 1.165) is 30.0 Å². The fourth-order valence-corrected chi connectivity index (χ4v) is 3.86. The molecule has 9 heteroatoms. The van der Waals surface area contributed by atoms with Gasteiger partial charge < -0.3 is 10.1 Å². The van der Waals surface area contributed by atoms with E-state index in [1.54, 1.807) is 10.6 Å². The van der Waals surface area contributed by atoms with Crippen molar-refractivity contribution in [2.75, 3.05) is 11.1 Å². The van der Waals surface area contributed by atoms with Crippen molar-refractivity contribution in [3.8, 4) is 5.75 Å². The van der Waals surface area contributed by atoms with Crippen LogP contribution in [0.3, 0.4) is 0 Å². The summed E-state index contributed by atoms with van der Waals surface area (Å²) in [5, 5.41) is 11.3. The molecule has 0 spiro atoms. The Balaban J connectivity index is 1.67. The molecule has 0 radical (unpaired) electrons. The standard InChI is InChI=1S/C24H26F2N4O2S/c1-5-12-30-23(16(4)32-19-9-6-17(7-10-19)15(2)3)28-29-24(30)33-14-22(31)27-21-13-18(25)8-11-20(21)26/h5-11,13,15-16H,1,12,14H2,2-4H3,(H,27,31). The van der Waals surface area contributed by atoms with Gasteiger partial charge >= 0.3 is 0 Å². The smallest absolute Gasteiger partial charge is 0.234 e. The lowest BCUT2D eigenvalue weighted by atomic mass is 10.0. The van der Waals surface area contributed by atoms with E-state index >= 15 is 0 Å². The highest BCUT2D eigenvalue weighted by Gasteiger charge is 2.20. The van der Waals surface area contributed by atoms with Crippen molar-refractivity contribution in [1.29, 1.82) is 0 Å². The van der Waals surface area contributed by atoms with Crippen molar-refractivity contribution in [1.82, 2.24) is 14.8 Å². The number of ether oxygens (including phenoxy) is 1. The van der Waals surface area contributed by atoms with Gasteiger partial charge in [-0.1, -0.05) is 43.8 Å². The highest BCUT2D eigenvalue weighted by Crippen LogP contribution is 2.26. The fourth-order valence-electron chi connectivity index (χ4n) is 3.11. The zero-order valence-corrected chi connectivity index (χ0v) is 19.5. The molecule has 1 amide bonds. The Morgan fingerprint density at radius 3 is 2.58 bits per heavy atom. The van der Waals surface area contributed by atoms with Gasteiger partial charge in [-0.2, -0.15) is 0 Å². The Morgan fingerprint density at radius 2 is 1.91 bits per heavy atom. The maximum atomic E-state index is 13.8. The number of amides is 1. The van der Waals surface area contributed by atoms with Crippen LogP contribution in [0.1, 0.15) is 44.2 Å². The SMILES string of the molecule is C=CCn1c(SCC(=O)Nc2cc(F)ccc2F)nnc1C(C)Oc1ccc(C(C)C)cc1. The number of aromatic nitrogens is 3. The first-order valence-corrected chi connectivity index (χ1v) is 11.4. The van der Waals surface area contributed by atoms with E-state index in [1.165, 1.54) is 5.56 Å². The molecule has 33 heavy (non-hydrogen) atoms. The van der Waals surface area contributed by atoms with Crippen molar-refractivity contribution in [2.45, 2.75) is 44.5 Å². The number of rotatable bonds is 10. The summed E-state index contributed by atoms with van der Waals surface area (Å²) in [6.07, 6.45) is 1.30. The van der Waals surface area contributed by atoms with E-state index < -0.39 is 23.6 Å². The first kappa shape index (κ1) is 24.4. The summed E-state index contributed by atoms with van der Waals surface area (Å²) in [5.74, 6) is -0.165. The summed E-state index contributed by atoms with van der Waals surface area (Å²) < 4.78 is 34.9. The second-order valence-electron chi connectivity index (χ2n) is 7.68. The lowest BCUT2D eigenvalue weighted by Gasteiger charge is -2.16. The number of carbonyl (C=O) groups is 1. The zero-order valence-electron chi connectivity index (χ0n) is 18.7. The molecule has 1 aromatic heterocycles. The molecule has 0 aliphatic rings. The normalized spacial score (nSPS) is 11.9. The first-order valence-electron chi connectivity index (χ1n) is 10.5. The number of nitrogens with zero attached hydrogens (tertiary/aromatic N) is 3. The van der Waals surface area contributed by atoms with E-state index in [1.807, 2.05) is 31.2 Å². The van der Waals surface area contributed by atoms with Gasteiger partial charge in [-0.3, -0.25) is 9.36 Å². The highest BCUT2D eigenvalue weighted by atomic mass is 32.2. The lowest BCUT2D eigenvalue weighted by Crippen LogP contribution is -2.16. The number of allylic oxidation sites excluding steroid dienone is 1. The molecule has 0 bridgehead atoms. The molecule has 0 aliphatic carbocycles. The van der Waals surface area contributed by atoms with Crippen LogP contribution in [0.5, 0.6) is 5.75 Å². The predicted molar refractivity (Wildman–Crippen MR) is 126 cm³/mol. The Labute approximate surface area is 196 Å². The molecular weight excluding hydrogens is 446 g/mol. The van der Waals surface area contributed by atoms with Crippen LogP contribution in [-0.2, 0) is 11.3 Å². The Bertz CT molecular complexity index is 1120. The summed E-state index contributed by atoms with van der Waals surface area (Å²) in [5.41, 5.74) is 1.01. The van der Waals surface area contributed by atoms with Crippen LogP contribution in [0.2, 0.25) is 0 Å². The third-order valence-corrected chi connectivity index (χ3v) is 5.78. The van der Waals surface area contributed by atoms with E-state index in [9.17, 15) is 13.6 Å². The summed E-state index contributed by atoms with van der Waals surface area (Å²) in [6.45, 7) is 10.3. The number of hydrogen-bond acceptors (Lipinski definition) is 5. The van der Waals surface area contributed by atoms with Gasteiger partial charge in [0.15, 0.2) is 17.1 Å². The molecule has 2 aromatic carbocycles. The van der Waals surface area contributed by atoms with Gasteiger partial charge in [-0.05, 0) is 42.7 Å². The van der Waals surface area contributed by atoms with E-state index in [-0.39, 0.29) is 11.4 Å². The van der Waals surface area contributed by atoms with Crippen LogP contribution in [-0.4, -0.2) is 26.4 Å². The molecule has 0 saturated carbocycles. The van der Waals surface area contributed by atoms with Crippen LogP contribution in [0.15, 0.2) is 60.3 Å². The fraction of sp³-hybridized carbons (Fsp3) is 0.292. The molecular formula is C24H26F2N4O2S. The Morgan fingerprint density at radius 1 is 1.18 bits per heavy atom. The number of nitrogens with one attached hydrogen (secondary N) is 1. The minimum absolute atomic E-state index is 0.0584. The number of carbonyl (C=O) groups excluding carboxylic acids is 1. The number of thioether (sulfide) groups is 1. The molecule has 1 atom stereocenters. The van der Waals surface area contributed by atoms with Crippen molar-refractivity contribution in [3.63, 3.8) is 0 Å².